The van der Waals surface area contributed by atoms with Gasteiger partial charge in [-0.2, -0.15) is 11.8 Å². The molecule has 2 rings (SSSR count). The predicted molar refractivity (Wildman–Crippen MR) is 113 cm³/mol. The number of carbonyl (C=O) groups excluding carboxylic acids is 1. The number of thioether (sulfide) groups is 1. The van der Waals surface area contributed by atoms with Gasteiger partial charge in [-0.3, -0.25) is 4.79 Å². The molecule has 3 N–H and O–H groups in total. The fraction of sp³-hybridized carbons (Fsp3) is 0.529. The molecule has 0 radical (unpaired) electrons. The number of hydrogen-bond donors (Lipinski definition) is 2. The number of carbonyl (C=O) groups is 1. The van der Waals surface area contributed by atoms with Crippen LogP contribution in [-0.4, -0.2) is 46.9 Å². The first-order chi connectivity index (χ1) is 10.8. The van der Waals surface area contributed by atoms with E-state index < -0.39 is 0 Å². The molecule has 0 spiro atoms. The number of nitrogens with two attached hydrogens (primary N) is 1. The van der Waals surface area contributed by atoms with Crippen molar-refractivity contribution < 1.29 is 4.79 Å². The van der Waals surface area contributed by atoms with Gasteiger partial charge in [0.15, 0.2) is 5.96 Å². The van der Waals surface area contributed by atoms with E-state index in [0.717, 1.165) is 30.2 Å². The zero-order valence-corrected chi connectivity index (χ0v) is 17.7. The smallest absolute Gasteiger partial charge is 0.251 e. The molecule has 0 aliphatic carbocycles. The Hall–Kier alpha value is -0.960. The molecule has 1 heterocycles. The van der Waals surface area contributed by atoms with E-state index in [1.54, 1.807) is 0 Å². The molecule has 0 aromatic heterocycles. The molecule has 1 aliphatic heterocycles. The minimum atomic E-state index is -0.248. The summed E-state index contributed by atoms with van der Waals surface area (Å²) >= 11 is 1.94. The molecular weight excluding hydrogens is 435 g/mol. The highest BCUT2D eigenvalue weighted by Gasteiger charge is 2.15. The Morgan fingerprint density at radius 1 is 1.33 bits per heavy atom. The Kier molecular flexibility index (Phi) is 8.35. The van der Waals surface area contributed by atoms with Gasteiger partial charge in [-0.25, -0.2) is 4.99 Å². The van der Waals surface area contributed by atoms with Gasteiger partial charge in [0.1, 0.15) is 0 Å². The maximum atomic E-state index is 12.2. The second-order valence-electron chi connectivity index (χ2n) is 6.68. The Morgan fingerprint density at radius 2 is 2.00 bits per heavy atom. The zero-order chi connectivity index (χ0) is 16.9. The molecule has 0 unspecified atom stereocenters. The van der Waals surface area contributed by atoms with Crippen LogP contribution in [0.3, 0.4) is 0 Å². The topological polar surface area (TPSA) is 70.7 Å². The standard InChI is InChI=1S/C17H26N4OS.HI/c1-17(2,3)20-15(22)14-6-4-5-13(11-14)12-19-16(18)21-7-9-23-10-8-21;/h4-6,11H,7-10,12H2,1-3H3,(H2,18,19)(H,20,22);1H. The molecule has 0 bridgehead atoms. The summed E-state index contributed by atoms with van der Waals surface area (Å²) in [6.07, 6.45) is 0. The predicted octanol–water partition coefficient (Wildman–Crippen LogP) is 2.70. The van der Waals surface area contributed by atoms with Crippen LogP contribution in [0.5, 0.6) is 0 Å². The largest absolute Gasteiger partial charge is 0.370 e. The molecule has 24 heavy (non-hydrogen) atoms. The highest BCUT2D eigenvalue weighted by atomic mass is 127. The fourth-order valence-electron chi connectivity index (χ4n) is 2.29. The first kappa shape index (κ1) is 21.1. The van der Waals surface area contributed by atoms with Crippen molar-refractivity contribution >= 4 is 47.6 Å². The summed E-state index contributed by atoms with van der Waals surface area (Å²) < 4.78 is 0. The molecular formula is C17H27IN4OS. The average molecular weight is 462 g/mol. The van der Waals surface area contributed by atoms with Crippen LogP contribution in [0.2, 0.25) is 0 Å². The molecule has 0 atom stereocenters. The number of guanidine groups is 1. The Labute approximate surface area is 165 Å². The number of hydrogen-bond acceptors (Lipinski definition) is 3. The molecule has 1 fully saturated rings. The molecule has 134 valence electrons. The number of nitrogens with zero attached hydrogens (tertiary/aromatic N) is 2. The average Bonchev–Trinajstić information content (AvgIpc) is 2.52. The zero-order valence-electron chi connectivity index (χ0n) is 14.5. The maximum Gasteiger partial charge on any atom is 0.251 e. The van der Waals surface area contributed by atoms with Crippen molar-refractivity contribution in [2.45, 2.75) is 32.9 Å². The van der Waals surface area contributed by atoms with Gasteiger partial charge < -0.3 is 16.0 Å². The molecule has 1 aromatic rings. The SMILES string of the molecule is CC(C)(C)NC(=O)c1cccc(CN=C(N)N2CCSCC2)c1.I. The third kappa shape index (κ3) is 6.88. The van der Waals surface area contributed by atoms with E-state index in [4.69, 9.17) is 5.73 Å². The van der Waals surface area contributed by atoms with Crippen LogP contribution < -0.4 is 11.1 Å². The summed E-state index contributed by atoms with van der Waals surface area (Å²) in [5.41, 5.74) is 7.46. The Bertz CT molecular complexity index is 580. The van der Waals surface area contributed by atoms with Crippen molar-refractivity contribution in [2.75, 3.05) is 24.6 Å². The van der Waals surface area contributed by atoms with Crippen molar-refractivity contribution in [3.63, 3.8) is 0 Å². The van der Waals surface area contributed by atoms with Gasteiger partial charge in [-0.15, -0.1) is 24.0 Å². The Morgan fingerprint density at radius 3 is 2.62 bits per heavy atom. The van der Waals surface area contributed by atoms with Crippen LogP contribution in [0.4, 0.5) is 0 Å². The summed E-state index contributed by atoms with van der Waals surface area (Å²) in [5.74, 6) is 2.72. The number of benzene rings is 1. The van der Waals surface area contributed by atoms with Crippen LogP contribution in [0.25, 0.3) is 0 Å². The lowest BCUT2D eigenvalue weighted by Crippen LogP contribution is -2.42. The maximum absolute atomic E-state index is 12.2. The van der Waals surface area contributed by atoms with Gasteiger partial charge in [-0.05, 0) is 38.5 Å². The third-order valence-corrected chi connectivity index (χ3v) is 4.38. The summed E-state index contributed by atoms with van der Waals surface area (Å²) in [6, 6.07) is 7.55. The Balaban J connectivity index is 0.00000288. The molecule has 7 heteroatoms. The van der Waals surface area contributed by atoms with E-state index in [1.165, 1.54) is 0 Å². The highest BCUT2D eigenvalue weighted by molar-refractivity contribution is 14.0. The number of rotatable bonds is 3. The molecule has 1 amide bonds. The van der Waals surface area contributed by atoms with E-state index in [1.807, 2.05) is 56.8 Å². The van der Waals surface area contributed by atoms with Crippen molar-refractivity contribution in [1.29, 1.82) is 0 Å². The van der Waals surface area contributed by atoms with E-state index in [0.29, 0.717) is 18.1 Å². The van der Waals surface area contributed by atoms with Gasteiger partial charge in [0.2, 0.25) is 0 Å². The van der Waals surface area contributed by atoms with Crippen molar-refractivity contribution in [2.24, 2.45) is 10.7 Å². The number of halogens is 1. The van der Waals surface area contributed by atoms with Gasteiger partial charge in [0.05, 0.1) is 6.54 Å². The summed E-state index contributed by atoms with van der Waals surface area (Å²) in [4.78, 5) is 18.8. The van der Waals surface area contributed by atoms with Crippen molar-refractivity contribution in [3.8, 4) is 0 Å². The third-order valence-electron chi connectivity index (χ3n) is 3.44. The molecule has 0 saturated carbocycles. The molecule has 1 aromatic carbocycles. The van der Waals surface area contributed by atoms with Gasteiger partial charge in [0, 0.05) is 35.7 Å². The van der Waals surface area contributed by atoms with Gasteiger partial charge >= 0.3 is 0 Å². The number of nitrogens with one attached hydrogen (secondary N) is 1. The van der Waals surface area contributed by atoms with Crippen LogP contribution in [0.1, 0.15) is 36.7 Å². The second kappa shape index (κ2) is 9.50. The van der Waals surface area contributed by atoms with E-state index >= 15 is 0 Å². The summed E-state index contributed by atoms with van der Waals surface area (Å²) in [7, 11) is 0. The quantitative estimate of drug-likeness (QED) is 0.412. The minimum Gasteiger partial charge on any atom is -0.370 e. The van der Waals surface area contributed by atoms with Crippen LogP contribution >= 0.6 is 35.7 Å². The van der Waals surface area contributed by atoms with Crippen molar-refractivity contribution in [1.82, 2.24) is 10.2 Å². The van der Waals surface area contributed by atoms with Gasteiger partial charge in [0.25, 0.3) is 5.91 Å². The molecule has 1 saturated heterocycles. The van der Waals surface area contributed by atoms with Crippen LogP contribution in [0.15, 0.2) is 29.3 Å². The van der Waals surface area contributed by atoms with Crippen LogP contribution in [-0.2, 0) is 6.54 Å². The molecule has 1 aliphatic rings. The summed E-state index contributed by atoms with van der Waals surface area (Å²) in [5, 5.41) is 2.97. The first-order valence-electron chi connectivity index (χ1n) is 7.89. The number of aliphatic imine (C=N–C) groups is 1. The minimum absolute atomic E-state index is 0. The van der Waals surface area contributed by atoms with E-state index in [2.05, 4.69) is 15.2 Å². The monoisotopic (exact) mass is 462 g/mol. The highest BCUT2D eigenvalue weighted by Crippen LogP contribution is 2.11. The summed E-state index contributed by atoms with van der Waals surface area (Å²) in [6.45, 7) is 8.30. The number of amides is 1. The second-order valence-corrected chi connectivity index (χ2v) is 7.90. The van der Waals surface area contributed by atoms with E-state index in [-0.39, 0.29) is 35.4 Å². The normalized spacial score (nSPS) is 15.6. The van der Waals surface area contributed by atoms with Gasteiger partial charge in [-0.1, -0.05) is 12.1 Å². The fourth-order valence-corrected chi connectivity index (χ4v) is 3.19. The lowest BCUT2D eigenvalue weighted by atomic mass is 10.1. The van der Waals surface area contributed by atoms with Crippen molar-refractivity contribution in [3.05, 3.63) is 35.4 Å². The van der Waals surface area contributed by atoms with Crippen LogP contribution in [0, 0.1) is 0 Å². The lowest BCUT2D eigenvalue weighted by Gasteiger charge is -2.27. The van der Waals surface area contributed by atoms with E-state index in [9.17, 15) is 4.79 Å². The lowest BCUT2D eigenvalue weighted by molar-refractivity contribution is 0.0919. The first-order valence-corrected chi connectivity index (χ1v) is 9.05. The molecule has 5 nitrogen and oxygen atoms in total.